The molecule has 3 atom stereocenters. The minimum absolute atomic E-state index is 0.0389. The van der Waals surface area contributed by atoms with Crippen LogP contribution in [0.25, 0.3) is 0 Å². The molecule has 1 heterocycles. The molecule has 2 fully saturated rings. The van der Waals surface area contributed by atoms with Gasteiger partial charge in [0.1, 0.15) is 0 Å². The third-order valence-corrected chi connectivity index (χ3v) is 5.05. The minimum Gasteiger partial charge on any atom is -0.377 e. The molecular formula is C11H22N2O3S. The quantitative estimate of drug-likeness (QED) is 0.766. The van der Waals surface area contributed by atoms with Crippen LogP contribution in [0.15, 0.2) is 0 Å². The second-order valence-electron chi connectivity index (χ2n) is 5.09. The molecule has 1 aliphatic heterocycles. The zero-order chi connectivity index (χ0) is 12.3. The zero-order valence-corrected chi connectivity index (χ0v) is 10.9. The van der Waals surface area contributed by atoms with Crippen molar-refractivity contribution in [2.75, 3.05) is 12.4 Å². The van der Waals surface area contributed by atoms with Gasteiger partial charge in [0.05, 0.1) is 11.9 Å². The van der Waals surface area contributed by atoms with Crippen LogP contribution in [0.3, 0.4) is 0 Å². The topological polar surface area (TPSA) is 81.4 Å². The van der Waals surface area contributed by atoms with Crippen LogP contribution in [0, 0.1) is 0 Å². The summed E-state index contributed by atoms with van der Waals surface area (Å²) >= 11 is 0. The van der Waals surface area contributed by atoms with E-state index in [0.29, 0.717) is 6.61 Å². The number of hydrogen-bond donors (Lipinski definition) is 2. The molecule has 17 heavy (non-hydrogen) atoms. The SMILES string of the molecule is N[C@@H]1CCCC[C@H]1NS(=O)(=O)CC1CCCO1. The van der Waals surface area contributed by atoms with Gasteiger partial charge in [-0.25, -0.2) is 13.1 Å². The van der Waals surface area contributed by atoms with Crippen LogP contribution in [0.4, 0.5) is 0 Å². The molecule has 0 aromatic heterocycles. The second kappa shape index (κ2) is 5.65. The normalized spacial score (nSPS) is 35.0. The first-order valence-electron chi connectivity index (χ1n) is 6.44. The minimum atomic E-state index is -3.25. The first-order chi connectivity index (χ1) is 8.07. The number of rotatable bonds is 4. The summed E-state index contributed by atoms with van der Waals surface area (Å²) in [6, 6.07) is -0.127. The molecule has 1 unspecified atom stereocenters. The standard InChI is InChI=1S/C11H22N2O3S/c12-10-5-1-2-6-11(10)13-17(14,15)8-9-4-3-7-16-9/h9-11,13H,1-8,12H2/t9?,10-,11-/m1/s1. The van der Waals surface area contributed by atoms with Gasteiger partial charge in [0.15, 0.2) is 0 Å². The van der Waals surface area contributed by atoms with E-state index in [1.165, 1.54) is 0 Å². The highest BCUT2D eigenvalue weighted by molar-refractivity contribution is 7.89. The van der Waals surface area contributed by atoms with E-state index in [-0.39, 0.29) is 23.9 Å². The van der Waals surface area contributed by atoms with E-state index >= 15 is 0 Å². The van der Waals surface area contributed by atoms with Crippen LogP contribution < -0.4 is 10.5 Å². The Morgan fingerprint density at radius 1 is 1.18 bits per heavy atom. The predicted molar refractivity (Wildman–Crippen MR) is 66.1 cm³/mol. The molecular weight excluding hydrogens is 240 g/mol. The lowest BCUT2D eigenvalue weighted by Crippen LogP contribution is -2.50. The maximum atomic E-state index is 12.0. The van der Waals surface area contributed by atoms with Crippen molar-refractivity contribution >= 4 is 10.0 Å². The van der Waals surface area contributed by atoms with Gasteiger partial charge < -0.3 is 10.5 Å². The molecule has 100 valence electrons. The molecule has 0 bridgehead atoms. The molecule has 2 aliphatic rings. The van der Waals surface area contributed by atoms with Gasteiger partial charge in [-0.05, 0) is 25.7 Å². The fraction of sp³-hybridized carbons (Fsp3) is 1.00. The van der Waals surface area contributed by atoms with Gasteiger partial charge in [0, 0.05) is 18.7 Å². The lowest BCUT2D eigenvalue weighted by atomic mass is 9.92. The number of ether oxygens (including phenoxy) is 1. The summed E-state index contributed by atoms with van der Waals surface area (Å²) in [6.07, 6.45) is 5.60. The van der Waals surface area contributed by atoms with E-state index in [1.54, 1.807) is 0 Å². The molecule has 3 N–H and O–H groups in total. The molecule has 6 heteroatoms. The van der Waals surface area contributed by atoms with E-state index in [4.69, 9.17) is 10.5 Å². The summed E-state index contributed by atoms with van der Waals surface area (Å²) in [7, 11) is -3.25. The smallest absolute Gasteiger partial charge is 0.214 e. The van der Waals surface area contributed by atoms with E-state index in [1.807, 2.05) is 0 Å². The van der Waals surface area contributed by atoms with Gasteiger partial charge in [-0.2, -0.15) is 0 Å². The Hall–Kier alpha value is -0.170. The molecule has 1 saturated heterocycles. The van der Waals surface area contributed by atoms with Crippen LogP contribution in [-0.4, -0.2) is 39.0 Å². The van der Waals surface area contributed by atoms with Gasteiger partial charge in [-0.3, -0.25) is 0 Å². The summed E-state index contributed by atoms with van der Waals surface area (Å²) in [4.78, 5) is 0. The molecule has 1 aliphatic carbocycles. The van der Waals surface area contributed by atoms with E-state index < -0.39 is 10.0 Å². The molecule has 2 rings (SSSR count). The summed E-state index contributed by atoms with van der Waals surface area (Å²) in [5, 5.41) is 0. The van der Waals surface area contributed by atoms with Gasteiger partial charge in [-0.1, -0.05) is 12.8 Å². The highest BCUT2D eigenvalue weighted by atomic mass is 32.2. The van der Waals surface area contributed by atoms with Crippen LogP contribution in [0.2, 0.25) is 0 Å². The van der Waals surface area contributed by atoms with E-state index in [9.17, 15) is 8.42 Å². The number of sulfonamides is 1. The Labute approximate surface area is 103 Å². The average molecular weight is 262 g/mol. The van der Waals surface area contributed by atoms with Crippen molar-refractivity contribution in [2.24, 2.45) is 5.73 Å². The summed E-state index contributed by atoms with van der Waals surface area (Å²) in [6.45, 7) is 0.684. The van der Waals surface area contributed by atoms with Gasteiger partial charge in [0.25, 0.3) is 0 Å². The molecule has 1 saturated carbocycles. The van der Waals surface area contributed by atoms with Crippen molar-refractivity contribution in [1.82, 2.24) is 4.72 Å². The molecule has 0 radical (unpaired) electrons. The van der Waals surface area contributed by atoms with Crippen molar-refractivity contribution in [3.8, 4) is 0 Å². The van der Waals surface area contributed by atoms with E-state index in [0.717, 1.165) is 38.5 Å². The molecule has 0 aromatic rings. The van der Waals surface area contributed by atoms with Crippen LogP contribution in [-0.2, 0) is 14.8 Å². The third kappa shape index (κ3) is 3.91. The molecule has 0 amide bonds. The maximum Gasteiger partial charge on any atom is 0.214 e. The highest BCUT2D eigenvalue weighted by Gasteiger charge is 2.29. The van der Waals surface area contributed by atoms with Crippen molar-refractivity contribution in [3.63, 3.8) is 0 Å². The highest BCUT2D eigenvalue weighted by Crippen LogP contribution is 2.19. The fourth-order valence-corrected chi connectivity index (χ4v) is 4.21. The van der Waals surface area contributed by atoms with Crippen molar-refractivity contribution in [1.29, 1.82) is 0 Å². The first-order valence-corrected chi connectivity index (χ1v) is 8.09. The van der Waals surface area contributed by atoms with Crippen molar-refractivity contribution in [3.05, 3.63) is 0 Å². The monoisotopic (exact) mass is 262 g/mol. The van der Waals surface area contributed by atoms with Crippen LogP contribution in [0.1, 0.15) is 38.5 Å². The largest absolute Gasteiger partial charge is 0.377 e. The fourth-order valence-electron chi connectivity index (χ4n) is 2.61. The van der Waals surface area contributed by atoms with Crippen LogP contribution in [0.5, 0.6) is 0 Å². The average Bonchev–Trinajstić information content (AvgIpc) is 2.73. The molecule has 0 aromatic carbocycles. The van der Waals surface area contributed by atoms with E-state index in [2.05, 4.69) is 4.72 Å². The Kier molecular flexibility index (Phi) is 4.41. The summed E-state index contributed by atoms with van der Waals surface area (Å²) in [5.74, 6) is 0.0796. The Balaban J connectivity index is 1.87. The number of nitrogens with one attached hydrogen (secondary N) is 1. The predicted octanol–water partition coefficient (Wildman–Crippen LogP) is 0.355. The Morgan fingerprint density at radius 2 is 1.94 bits per heavy atom. The zero-order valence-electron chi connectivity index (χ0n) is 10.1. The molecule has 5 nitrogen and oxygen atoms in total. The lowest BCUT2D eigenvalue weighted by molar-refractivity contribution is 0.127. The Bertz CT molecular complexity index is 339. The van der Waals surface area contributed by atoms with Gasteiger partial charge >= 0.3 is 0 Å². The Morgan fingerprint density at radius 3 is 2.59 bits per heavy atom. The third-order valence-electron chi connectivity index (χ3n) is 3.58. The molecule has 0 spiro atoms. The van der Waals surface area contributed by atoms with Crippen LogP contribution >= 0.6 is 0 Å². The number of nitrogens with two attached hydrogens (primary N) is 1. The summed E-state index contributed by atoms with van der Waals surface area (Å²) < 4.78 is 32.0. The lowest BCUT2D eigenvalue weighted by Gasteiger charge is -2.29. The van der Waals surface area contributed by atoms with Crippen molar-refractivity contribution < 1.29 is 13.2 Å². The van der Waals surface area contributed by atoms with Gasteiger partial charge in [-0.15, -0.1) is 0 Å². The second-order valence-corrected chi connectivity index (χ2v) is 6.89. The van der Waals surface area contributed by atoms with Gasteiger partial charge in [0.2, 0.25) is 10.0 Å². The first kappa shape index (κ1) is 13.3. The summed E-state index contributed by atoms with van der Waals surface area (Å²) in [5.41, 5.74) is 5.94. The van der Waals surface area contributed by atoms with Crippen molar-refractivity contribution in [2.45, 2.75) is 56.7 Å². The number of hydrogen-bond acceptors (Lipinski definition) is 4. The maximum absolute atomic E-state index is 12.0.